The maximum Gasteiger partial charge on any atom is 0.233 e. The van der Waals surface area contributed by atoms with Crippen molar-refractivity contribution in [1.29, 1.82) is 0 Å². The highest BCUT2D eigenvalue weighted by molar-refractivity contribution is 7.09. The molecule has 18 heavy (non-hydrogen) atoms. The molecule has 0 saturated carbocycles. The normalized spacial score (nSPS) is 12.3. The first kappa shape index (κ1) is 15.1. The Morgan fingerprint density at radius 3 is 3.06 bits per heavy atom. The standard InChI is InChI=1S/C13H22N2O2S/c1-11(8-12-4-3-7-18-12)9-15-13(16)10-14-5-6-17-2/h3-4,7,11,14H,5-6,8-10H2,1-2H3,(H,15,16). The fourth-order valence-electron chi connectivity index (χ4n) is 1.57. The van der Waals surface area contributed by atoms with Gasteiger partial charge in [-0.3, -0.25) is 4.79 Å². The Kier molecular flexibility index (Phi) is 7.64. The van der Waals surface area contributed by atoms with E-state index in [0.717, 1.165) is 13.0 Å². The molecule has 1 heterocycles. The van der Waals surface area contributed by atoms with E-state index < -0.39 is 0 Å². The van der Waals surface area contributed by atoms with E-state index in [4.69, 9.17) is 4.74 Å². The second-order valence-corrected chi connectivity index (χ2v) is 5.39. The monoisotopic (exact) mass is 270 g/mol. The van der Waals surface area contributed by atoms with Crippen molar-refractivity contribution in [3.8, 4) is 0 Å². The molecule has 1 rings (SSSR count). The van der Waals surface area contributed by atoms with Crippen LogP contribution in [0.2, 0.25) is 0 Å². The van der Waals surface area contributed by atoms with Gasteiger partial charge < -0.3 is 15.4 Å². The molecule has 1 aromatic heterocycles. The number of nitrogens with one attached hydrogen (secondary N) is 2. The van der Waals surface area contributed by atoms with Crippen LogP contribution in [0.1, 0.15) is 11.8 Å². The Balaban J connectivity index is 2.06. The number of hydrogen-bond donors (Lipinski definition) is 2. The minimum atomic E-state index is 0.0455. The van der Waals surface area contributed by atoms with Gasteiger partial charge in [0.15, 0.2) is 0 Å². The summed E-state index contributed by atoms with van der Waals surface area (Å²) in [5.74, 6) is 0.510. The third kappa shape index (κ3) is 6.74. The fourth-order valence-corrected chi connectivity index (χ4v) is 2.44. The molecule has 1 aromatic rings. The zero-order valence-electron chi connectivity index (χ0n) is 11.1. The van der Waals surface area contributed by atoms with E-state index in [9.17, 15) is 4.79 Å². The molecule has 0 aliphatic heterocycles. The predicted octanol–water partition coefficient (Wildman–Crippen LogP) is 1.28. The number of carbonyl (C=O) groups excluding carboxylic acids is 1. The number of hydrogen-bond acceptors (Lipinski definition) is 4. The Labute approximate surface area is 113 Å². The van der Waals surface area contributed by atoms with Gasteiger partial charge >= 0.3 is 0 Å². The molecule has 2 N–H and O–H groups in total. The van der Waals surface area contributed by atoms with E-state index in [1.165, 1.54) is 4.88 Å². The number of rotatable bonds is 9. The lowest BCUT2D eigenvalue weighted by atomic mass is 10.1. The average molecular weight is 270 g/mol. The Morgan fingerprint density at radius 1 is 1.56 bits per heavy atom. The van der Waals surface area contributed by atoms with E-state index in [2.05, 4.69) is 35.1 Å². The molecule has 0 aromatic carbocycles. The summed E-state index contributed by atoms with van der Waals surface area (Å²) in [6, 6.07) is 4.19. The molecule has 0 aliphatic rings. The number of thiophene rings is 1. The molecule has 5 heteroatoms. The zero-order chi connectivity index (χ0) is 13.2. The molecule has 0 saturated heterocycles. The predicted molar refractivity (Wildman–Crippen MR) is 74.9 cm³/mol. The quantitative estimate of drug-likeness (QED) is 0.665. The van der Waals surface area contributed by atoms with Gasteiger partial charge in [-0.15, -0.1) is 11.3 Å². The zero-order valence-corrected chi connectivity index (χ0v) is 11.9. The van der Waals surface area contributed by atoms with E-state index in [1.807, 2.05) is 0 Å². The molecule has 4 nitrogen and oxygen atoms in total. The second kappa shape index (κ2) is 9.08. The van der Waals surface area contributed by atoms with Gasteiger partial charge in [0.2, 0.25) is 5.91 Å². The Hall–Kier alpha value is -0.910. The molecule has 1 amide bonds. The van der Waals surface area contributed by atoms with Gasteiger partial charge in [-0.2, -0.15) is 0 Å². The number of amides is 1. The summed E-state index contributed by atoms with van der Waals surface area (Å²) in [5.41, 5.74) is 0. The molecule has 0 radical (unpaired) electrons. The van der Waals surface area contributed by atoms with Gasteiger partial charge in [0, 0.05) is 25.1 Å². The molecular formula is C13H22N2O2S. The second-order valence-electron chi connectivity index (χ2n) is 4.36. The lowest BCUT2D eigenvalue weighted by Crippen LogP contribution is -2.37. The van der Waals surface area contributed by atoms with Crippen molar-refractivity contribution >= 4 is 17.2 Å². The van der Waals surface area contributed by atoms with E-state index in [1.54, 1.807) is 18.4 Å². The van der Waals surface area contributed by atoms with Gasteiger partial charge in [-0.1, -0.05) is 13.0 Å². The van der Waals surface area contributed by atoms with Crippen molar-refractivity contribution in [2.75, 3.05) is 33.4 Å². The number of methoxy groups -OCH3 is 1. The van der Waals surface area contributed by atoms with Crippen molar-refractivity contribution in [1.82, 2.24) is 10.6 Å². The van der Waals surface area contributed by atoms with Crippen molar-refractivity contribution in [3.63, 3.8) is 0 Å². The molecule has 102 valence electrons. The fraction of sp³-hybridized carbons (Fsp3) is 0.615. The van der Waals surface area contributed by atoms with Gasteiger partial charge in [0.25, 0.3) is 0 Å². The van der Waals surface area contributed by atoms with Crippen LogP contribution in [0.25, 0.3) is 0 Å². The minimum Gasteiger partial charge on any atom is -0.383 e. The van der Waals surface area contributed by atoms with Gasteiger partial charge in [0.05, 0.1) is 13.2 Å². The van der Waals surface area contributed by atoms with Gasteiger partial charge in [-0.25, -0.2) is 0 Å². The maximum atomic E-state index is 11.5. The first-order valence-corrected chi connectivity index (χ1v) is 7.09. The van der Waals surface area contributed by atoms with Crippen LogP contribution in [0, 0.1) is 5.92 Å². The SMILES string of the molecule is COCCNCC(=O)NCC(C)Cc1cccs1. The van der Waals surface area contributed by atoms with E-state index in [-0.39, 0.29) is 5.91 Å². The van der Waals surface area contributed by atoms with Crippen LogP contribution in [-0.4, -0.2) is 39.3 Å². The van der Waals surface area contributed by atoms with Gasteiger partial charge in [0.1, 0.15) is 0 Å². The number of carbonyl (C=O) groups is 1. The molecule has 0 spiro atoms. The summed E-state index contributed by atoms with van der Waals surface area (Å²) in [6.45, 7) is 4.56. The first-order valence-electron chi connectivity index (χ1n) is 6.21. The minimum absolute atomic E-state index is 0.0455. The summed E-state index contributed by atoms with van der Waals surface area (Å²) < 4.78 is 4.89. The largest absolute Gasteiger partial charge is 0.383 e. The average Bonchev–Trinajstić information content (AvgIpc) is 2.85. The van der Waals surface area contributed by atoms with Crippen LogP contribution in [-0.2, 0) is 16.0 Å². The summed E-state index contributed by atoms with van der Waals surface area (Å²) in [5, 5.41) is 8.04. The summed E-state index contributed by atoms with van der Waals surface area (Å²) in [7, 11) is 1.65. The maximum absolute atomic E-state index is 11.5. The Morgan fingerprint density at radius 2 is 2.39 bits per heavy atom. The third-order valence-corrected chi connectivity index (χ3v) is 3.44. The lowest BCUT2D eigenvalue weighted by molar-refractivity contribution is -0.120. The van der Waals surface area contributed by atoms with Crippen LogP contribution >= 0.6 is 11.3 Å². The third-order valence-electron chi connectivity index (χ3n) is 2.55. The van der Waals surface area contributed by atoms with Crippen molar-refractivity contribution < 1.29 is 9.53 Å². The van der Waals surface area contributed by atoms with Gasteiger partial charge in [-0.05, 0) is 23.8 Å². The molecule has 0 bridgehead atoms. The van der Waals surface area contributed by atoms with Crippen LogP contribution in [0.5, 0.6) is 0 Å². The molecular weight excluding hydrogens is 248 g/mol. The van der Waals surface area contributed by atoms with Crippen molar-refractivity contribution in [3.05, 3.63) is 22.4 Å². The molecule has 1 atom stereocenters. The molecule has 0 fully saturated rings. The molecule has 0 aliphatic carbocycles. The number of ether oxygens (including phenoxy) is 1. The highest BCUT2D eigenvalue weighted by atomic mass is 32.1. The smallest absolute Gasteiger partial charge is 0.233 e. The molecule has 1 unspecified atom stereocenters. The first-order chi connectivity index (χ1) is 8.72. The van der Waals surface area contributed by atoms with Crippen LogP contribution in [0.3, 0.4) is 0 Å². The topological polar surface area (TPSA) is 50.4 Å². The van der Waals surface area contributed by atoms with Crippen molar-refractivity contribution in [2.24, 2.45) is 5.92 Å². The highest BCUT2D eigenvalue weighted by Crippen LogP contribution is 2.13. The van der Waals surface area contributed by atoms with Crippen molar-refractivity contribution in [2.45, 2.75) is 13.3 Å². The summed E-state index contributed by atoms with van der Waals surface area (Å²) >= 11 is 1.77. The van der Waals surface area contributed by atoms with Crippen LogP contribution in [0.4, 0.5) is 0 Å². The van der Waals surface area contributed by atoms with Crippen LogP contribution in [0.15, 0.2) is 17.5 Å². The Bertz CT molecular complexity index is 328. The highest BCUT2D eigenvalue weighted by Gasteiger charge is 2.06. The summed E-state index contributed by atoms with van der Waals surface area (Å²) in [4.78, 5) is 12.9. The van der Waals surface area contributed by atoms with Crippen LogP contribution < -0.4 is 10.6 Å². The lowest BCUT2D eigenvalue weighted by Gasteiger charge is -2.12. The van der Waals surface area contributed by atoms with E-state index in [0.29, 0.717) is 25.6 Å². The van der Waals surface area contributed by atoms with E-state index >= 15 is 0 Å². The summed E-state index contributed by atoms with van der Waals surface area (Å²) in [6.07, 6.45) is 1.02.